The van der Waals surface area contributed by atoms with E-state index in [0.717, 1.165) is 18.7 Å². The zero-order chi connectivity index (χ0) is 15.4. The monoisotopic (exact) mass is 337 g/mol. The highest BCUT2D eigenvalue weighted by atomic mass is 35.5. The number of halogens is 2. The summed E-state index contributed by atoms with van der Waals surface area (Å²) in [6, 6.07) is 15.4. The van der Waals surface area contributed by atoms with Gasteiger partial charge in [-0.2, -0.15) is 0 Å². The van der Waals surface area contributed by atoms with Crippen LogP contribution in [0.3, 0.4) is 0 Å². The maximum Gasteiger partial charge on any atom is 0.151 e. The Labute approximate surface area is 140 Å². The second-order valence-electron chi connectivity index (χ2n) is 5.11. The Morgan fingerprint density at radius 3 is 2.64 bits per heavy atom. The summed E-state index contributed by atoms with van der Waals surface area (Å²) in [5.41, 5.74) is 1.05. The standard InChI is InChI=1S/C17H17Cl2NO2/c18-13-7-4-8-14(16(13)19)22-17(12-5-2-1-3-6-12)15-11-20-9-10-21-15/h1-8,15,17,20H,9-11H2/t15?,17-/m0/s1. The third-order valence-electron chi connectivity index (χ3n) is 3.59. The van der Waals surface area contributed by atoms with Gasteiger partial charge in [0.1, 0.15) is 16.9 Å². The minimum Gasteiger partial charge on any atom is -0.481 e. The van der Waals surface area contributed by atoms with Crippen LogP contribution in [0.15, 0.2) is 48.5 Å². The maximum atomic E-state index is 6.25. The second-order valence-corrected chi connectivity index (χ2v) is 5.90. The van der Waals surface area contributed by atoms with Gasteiger partial charge in [-0.25, -0.2) is 0 Å². The van der Waals surface area contributed by atoms with Crippen molar-refractivity contribution in [1.29, 1.82) is 0 Å². The molecule has 1 aliphatic heterocycles. The number of nitrogens with one attached hydrogen (secondary N) is 1. The minimum absolute atomic E-state index is 0.0776. The molecule has 2 atom stereocenters. The van der Waals surface area contributed by atoms with E-state index >= 15 is 0 Å². The van der Waals surface area contributed by atoms with Crippen LogP contribution in [0.4, 0.5) is 0 Å². The minimum atomic E-state index is -0.245. The van der Waals surface area contributed by atoms with E-state index in [1.807, 2.05) is 42.5 Å². The van der Waals surface area contributed by atoms with Gasteiger partial charge >= 0.3 is 0 Å². The fraction of sp³-hybridized carbons (Fsp3) is 0.294. The van der Waals surface area contributed by atoms with Crippen LogP contribution in [0, 0.1) is 0 Å². The van der Waals surface area contributed by atoms with Gasteiger partial charge in [0.2, 0.25) is 0 Å². The molecular formula is C17H17Cl2NO2. The first-order chi connectivity index (χ1) is 10.8. The van der Waals surface area contributed by atoms with Gasteiger partial charge in [-0.05, 0) is 17.7 Å². The first-order valence-electron chi connectivity index (χ1n) is 7.23. The Bertz CT molecular complexity index is 615. The molecule has 0 spiro atoms. The van der Waals surface area contributed by atoms with Gasteiger partial charge in [-0.15, -0.1) is 0 Å². The van der Waals surface area contributed by atoms with E-state index in [1.165, 1.54) is 0 Å². The Morgan fingerprint density at radius 2 is 1.91 bits per heavy atom. The molecule has 1 aliphatic rings. The molecule has 1 fully saturated rings. The molecule has 22 heavy (non-hydrogen) atoms. The Hall–Kier alpha value is -1.26. The molecule has 1 unspecified atom stereocenters. The summed E-state index contributed by atoms with van der Waals surface area (Å²) in [5, 5.41) is 4.24. The van der Waals surface area contributed by atoms with E-state index in [-0.39, 0.29) is 12.2 Å². The SMILES string of the molecule is Clc1cccc(O[C@@H](c2ccccc2)C2CNCCO2)c1Cl. The predicted molar refractivity (Wildman–Crippen MR) is 88.9 cm³/mol. The van der Waals surface area contributed by atoms with Gasteiger partial charge in [0, 0.05) is 13.1 Å². The Kier molecular flexibility index (Phi) is 5.21. The van der Waals surface area contributed by atoms with Crippen LogP contribution < -0.4 is 10.1 Å². The van der Waals surface area contributed by atoms with Crippen LogP contribution >= 0.6 is 23.2 Å². The molecule has 2 aromatic rings. The quantitative estimate of drug-likeness (QED) is 0.910. The van der Waals surface area contributed by atoms with Crippen molar-refractivity contribution in [3.63, 3.8) is 0 Å². The number of hydrogen-bond acceptors (Lipinski definition) is 3. The average molecular weight is 338 g/mol. The first kappa shape index (κ1) is 15.6. The van der Waals surface area contributed by atoms with Crippen LogP contribution in [0.25, 0.3) is 0 Å². The van der Waals surface area contributed by atoms with E-state index in [2.05, 4.69) is 5.32 Å². The summed E-state index contributed by atoms with van der Waals surface area (Å²) in [6.45, 7) is 2.26. The van der Waals surface area contributed by atoms with Gasteiger partial charge in [0.05, 0.1) is 11.6 Å². The smallest absolute Gasteiger partial charge is 0.151 e. The van der Waals surface area contributed by atoms with Gasteiger partial charge in [0.15, 0.2) is 6.10 Å². The molecule has 5 heteroatoms. The maximum absolute atomic E-state index is 6.25. The van der Waals surface area contributed by atoms with Crippen molar-refractivity contribution in [3.8, 4) is 5.75 Å². The van der Waals surface area contributed by atoms with Gasteiger partial charge in [-0.1, -0.05) is 59.6 Å². The third-order valence-corrected chi connectivity index (χ3v) is 4.39. The summed E-state index contributed by atoms with van der Waals surface area (Å²) < 4.78 is 12.0. The molecular weight excluding hydrogens is 321 g/mol. The van der Waals surface area contributed by atoms with Crippen molar-refractivity contribution in [3.05, 3.63) is 64.1 Å². The fourth-order valence-corrected chi connectivity index (χ4v) is 2.83. The summed E-state index contributed by atoms with van der Waals surface area (Å²) in [7, 11) is 0. The Morgan fingerprint density at radius 1 is 1.09 bits per heavy atom. The molecule has 1 heterocycles. The number of rotatable bonds is 4. The number of hydrogen-bond donors (Lipinski definition) is 1. The molecule has 3 nitrogen and oxygen atoms in total. The van der Waals surface area contributed by atoms with Crippen LogP contribution in [0.5, 0.6) is 5.75 Å². The van der Waals surface area contributed by atoms with Crippen LogP contribution in [-0.4, -0.2) is 25.8 Å². The molecule has 1 saturated heterocycles. The zero-order valence-electron chi connectivity index (χ0n) is 12.0. The molecule has 0 amide bonds. The molecule has 0 bridgehead atoms. The lowest BCUT2D eigenvalue weighted by molar-refractivity contribution is -0.0432. The summed E-state index contributed by atoms with van der Waals surface area (Å²) in [5.74, 6) is 0.567. The molecule has 0 aliphatic carbocycles. The van der Waals surface area contributed by atoms with Crippen molar-refractivity contribution >= 4 is 23.2 Å². The highest BCUT2D eigenvalue weighted by Crippen LogP contribution is 2.35. The summed E-state index contributed by atoms with van der Waals surface area (Å²) in [6.07, 6.45) is -0.323. The molecule has 0 aromatic heterocycles. The Balaban J connectivity index is 1.89. The predicted octanol–water partition coefficient (Wildman–Crippen LogP) is 4.10. The van der Waals surface area contributed by atoms with E-state index in [1.54, 1.807) is 6.07 Å². The number of morpholine rings is 1. The zero-order valence-corrected chi connectivity index (χ0v) is 13.5. The van der Waals surface area contributed by atoms with E-state index in [9.17, 15) is 0 Å². The van der Waals surface area contributed by atoms with Crippen LogP contribution in [0.2, 0.25) is 10.0 Å². The largest absolute Gasteiger partial charge is 0.481 e. The highest BCUT2D eigenvalue weighted by Gasteiger charge is 2.28. The van der Waals surface area contributed by atoms with Crippen molar-refractivity contribution in [2.45, 2.75) is 12.2 Å². The normalized spacial score (nSPS) is 19.6. The van der Waals surface area contributed by atoms with Crippen molar-refractivity contribution < 1.29 is 9.47 Å². The third kappa shape index (κ3) is 3.55. The molecule has 0 saturated carbocycles. The molecule has 116 valence electrons. The van der Waals surface area contributed by atoms with E-state index in [4.69, 9.17) is 32.7 Å². The molecule has 1 N–H and O–H groups in total. The van der Waals surface area contributed by atoms with Crippen LogP contribution in [-0.2, 0) is 4.74 Å². The van der Waals surface area contributed by atoms with Crippen molar-refractivity contribution in [2.24, 2.45) is 0 Å². The van der Waals surface area contributed by atoms with Crippen molar-refractivity contribution in [2.75, 3.05) is 19.7 Å². The topological polar surface area (TPSA) is 30.5 Å². The first-order valence-corrected chi connectivity index (χ1v) is 7.99. The molecule has 2 aromatic carbocycles. The summed E-state index contributed by atoms with van der Waals surface area (Å²) in [4.78, 5) is 0. The van der Waals surface area contributed by atoms with Gasteiger partial charge in [-0.3, -0.25) is 0 Å². The number of ether oxygens (including phenoxy) is 2. The van der Waals surface area contributed by atoms with Crippen LogP contribution in [0.1, 0.15) is 11.7 Å². The lowest BCUT2D eigenvalue weighted by Gasteiger charge is -2.32. The van der Waals surface area contributed by atoms with E-state index < -0.39 is 0 Å². The van der Waals surface area contributed by atoms with Gasteiger partial charge in [0.25, 0.3) is 0 Å². The van der Waals surface area contributed by atoms with Crippen molar-refractivity contribution in [1.82, 2.24) is 5.32 Å². The lowest BCUT2D eigenvalue weighted by atomic mass is 10.0. The highest BCUT2D eigenvalue weighted by molar-refractivity contribution is 6.42. The second kappa shape index (κ2) is 7.34. The van der Waals surface area contributed by atoms with E-state index in [0.29, 0.717) is 22.4 Å². The summed E-state index contributed by atoms with van der Waals surface area (Å²) >= 11 is 12.3. The molecule has 0 radical (unpaired) electrons. The molecule has 3 rings (SSSR count). The lowest BCUT2D eigenvalue weighted by Crippen LogP contribution is -2.43. The average Bonchev–Trinajstić information content (AvgIpc) is 2.58. The fourth-order valence-electron chi connectivity index (χ4n) is 2.49. The van der Waals surface area contributed by atoms with Gasteiger partial charge < -0.3 is 14.8 Å². The number of benzene rings is 2.